The van der Waals surface area contributed by atoms with E-state index in [4.69, 9.17) is 10.5 Å². The maximum atomic E-state index is 12.6. The molecule has 2 rings (SSSR count). The highest BCUT2D eigenvalue weighted by molar-refractivity contribution is 5.94. The third-order valence-corrected chi connectivity index (χ3v) is 4.40. The minimum atomic E-state index is 0.0726. The fraction of sp³-hybridized carbons (Fsp3) is 0.588. The second-order valence-electron chi connectivity index (χ2n) is 5.72. The second kappa shape index (κ2) is 7.46. The molecule has 0 spiro atoms. The van der Waals surface area contributed by atoms with Crippen molar-refractivity contribution in [2.75, 3.05) is 20.2 Å². The summed E-state index contributed by atoms with van der Waals surface area (Å²) in [6.45, 7) is 3.24. The number of ether oxygens (including phenoxy) is 1. The standard InChI is InChI=1S/C17H26N2O2/c1-3-21-15-10-8-13(9-11-15)17(20)19(2)16-7-5-4-6-14(16)12-18/h8-11,14,16H,3-7,12,18H2,1-2H3. The Morgan fingerprint density at radius 2 is 1.95 bits per heavy atom. The van der Waals surface area contributed by atoms with Gasteiger partial charge in [-0.25, -0.2) is 0 Å². The summed E-state index contributed by atoms with van der Waals surface area (Å²) in [4.78, 5) is 14.5. The van der Waals surface area contributed by atoms with Gasteiger partial charge in [0.1, 0.15) is 5.75 Å². The highest BCUT2D eigenvalue weighted by Gasteiger charge is 2.30. The normalized spacial score (nSPS) is 21.9. The molecule has 2 unspecified atom stereocenters. The first-order valence-electron chi connectivity index (χ1n) is 7.87. The Kier molecular flexibility index (Phi) is 5.62. The molecule has 4 heteroatoms. The van der Waals surface area contributed by atoms with Crippen molar-refractivity contribution >= 4 is 5.91 Å². The first-order valence-corrected chi connectivity index (χ1v) is 7.87. The molecule has 4 nitrogen and oxygen atoms in total. The fourth-order valence-corrected chi connectivity index (χ4v) is 3.19. The zero-order chi connectivity index (χ0) is 15.2. The maximum absolute atomic E-state index is 12.6. The van der Waals surface area contributed by atoms with Crippen molar-refractivity contribution in [3.05, 3.63) is 29.8 Å². The van der Waals surface area contributed by atoms with E-state index in [1.165, 1.54) is 12.8 Å². The number of carbonyl (C=O) groups excluding carboxylic acids is 1. The van der Waals surface area contributed by atoms with Gasteiger partial charge in [-0.1, -0.05) is 12.8 Å². The minimum absolute atomic E-state index is 0.0726. The maximum Gasteiger partial charge on any atom is 0.253 e. The molecule has 1 aliphatic rings. The minimum Gasteiger partial charge on any atom is -0.494 e. The van der Waals surface area contributed by atoms with E-state index in [2.05, 4.69) is 0 Å². The molecule has 0 bridgehead atoms. The van der Waals surface area contributed by atoms with E-state index in [-0.39, 0.29) is 11.9 Å². The highest BCUT2D eigenvalue weighted by atomic mass is 16.5. The summed E-state index contributed by atoms with van der Waals surface area (Å²) in [5, 5.41) is 0. The molecule has 1 aromatic rings. The lowest BCUT2D eigenvalue weighted by atomic mass is 9.83. The number of hydrogen-bond donors (Lipinski definition) is 1. The van der Waals surface area contributed by atoms with Crippen LogP contribution < -0.4 is 10.5 Å². The van der Waals surface area contributed by atoms with Crippen LogP contribution in [0.5, 0.6) is 5.75 Å². The Hall–Kier alpha value is -1.55. The average molecular weight is 290 g/mol. The van der Waals surface area contributed by atoms with Crippen LogP contribution in [0.2, 0.25) is 0 Å². The highest BCUT2D eigenvalue weighted by Crippen LogP contribution is 2.28. The lowest BCUT2D eigenvalue weighted by molar-refractivity contribution is 0.0620. The number of rotatable bonds is 5. The molecule has 1 fully saturated rings. The van der Waals surface area contributed by atoms with E-state index in [0.717, 1.165) is 18.6 Å². The van der Waals surface area contributed by atoms with Crippen molar-refractivity contribution < 1.29 is 9.53 Å². The molecular formula is C17H26N2O2. The molecule has 116 valence electrons. The van der Waals surface area contributed by atoms with E-state index in [1.807, 2.05) is 43.1 Å². The van der Waals surface area contributed by atoms with E-state index in [1.54, 1.807) is 0 Å². The average Bonchev–Trinajstić information content (AvgIpc) is 2.54. The summed E-state index contributed by atoms with van der Waals surface area (Å²) >= 11 is 0. The smallest absolute Gasteiger partial charge is 0.253 e. The molecule has 2 atom stereocenters. The predicted molar refractivity (Wildman–Crippen MR) is 84.5 cm³/mol. The van der Waals surface area contributed by atoms with E-state index in [0.29, 0.717) is 24.6 Å². The quantitative estimate of drug-likeness (QED) is 0.907. The van der Waals surface area contributed by atoms with Crippen LogP contribution in [0.4, 0.5) is 0 Å². The van der Waals surface area contributed by atoms with Gasteiger partial charge in [0, 0.05) is 18.7 Å². The number of hydrogen-bond acceptors (Lipinski definition) is 3. The molecular weight excluding hydrogens is 264 g/mol. The van der Waals surface area contributed by atoms with Crippen molar-refractivity contribution in [1.29, 1.82) is 0 Å². The van der Waals surface area contributed by atoms with Crippen LogP contribution in [0.25, 0.3) is 0 Å². The molecule has 1 aromatic carbocycles. The largest absolute Gasteiger partial charge is 0.494 e. The fourth-order valence-electron chi connectivity index (χ4n) is 3.19. The zero-order valence-electron chi connectivity index (χ0n) is 13.0. The van der Waals surface area contributed by atoms with Crippen LogP contribution in [0.15, 0.2) is 24.3 Å². The molecule has 1 saturated carbocycles. The molecule has 0 radical (unpaired) electrons. The Labute approximate surface area is 127 Å². The van der Waals surface area contributed by atoms with Crippen LogP contribution in [-0.4, -0.2) is 37.0 Å². The summed E-state index contributed by atoms with van der Waals surface area (Å²) < 4.78 is 5.41. The van der Waals surface area contributed by atoms with E-state index < -0.39 is 0 Å². The van der Waals surface area contributed by atoms with Gasteiger partial charge in [-0.2, -0.15) is 0 Å². The summed E-state index contributed by atoms with van der Waals surface area (Å²) in [6.07, 6.45) is 4.59. The van der Waals surface area contributed by atoms with Crippen LogP contribution in [-0.2, 0) is 0 Å². The first kappa shape index (κ1) is 15.8. The van der Waals surface area contributed by atoms with Gasteiger partial charge >= 0.3 is 0 Å². The van der Waals surface area contributed by atoms with Gasteiger partial charge in [0.15, 0.2) is 0 Å². The van der Waals surface area contributed by atoms with Crippen LogP contribution in [0, 0.1) is 5.92 Å². The van der Waals surface area contributed by atoms with Gasteiger partial charge in [-0.15, -0.1) is 0 Å². The SMILES string of the molecule is CCOc1ccc(C(=O)N(C)C2CCCCC2CN)cc1. The van der Waals surface area contributed by atoms with Crippen molar-refractivity contribution in [3.63, 3.8) is 0 Å². The van der Waals surface area contributed by atoms with Gasteiger partial charge in [0.2, 0.25) is 0 Å². The lowest BCUT2D eigenvalue weighted by Gasteiger charge is -2.37. The number of amides is 1. The molecule has 0 aliphatic heterocycles. The van der Waals surface area contributed by atoms with Crippen molar-refractivity contribution in [2.45, 2.75) is 38.6 Å². The van der Waals surface area contributed by atoms with E-state index in [9.17, 15) is 4.79 Å². The van der Waals surface area contributed by atoms with Crippen LogP contribution in [0.3, 0.4) is 0 Å². The van der Waals surface area contributed by atoms with Crippen molar-refractivity contribution in [1.82, 2.24) is 4.90 Å². The number of carbonyl (C=O) groups is 1. The first-order chi connectivity index (χ1) is 10.2. The third kappa shape index (κ3) is 3.76. The molecule has 1 amide bonds. The number of nitrogens with zero attached hydrogens (tertiary/aromatic N) is 1. The van der Waals surface area contributed by atoms with Gasteiger partial charge in [0.05, 0.1) is 6.61 Å². The Morgan fingerprint density at radius 3 is 2.57 bits per heavy atom. The molecule has 0 saturated heterocycles. The molecule has 2 N–H and O–H groups in total. The Balaban J connectivity index is 2.07. The summed E-state index contributed by atoms with van der Waals surface area (Å²) in [6, 6.07) is 7.65. The predicted octanol–water partition coefficient (Wildman–Crippen LogP) is 2.67. The monoisotopic (exact) mass is 290 g/mol. The number of nitrogens with two attached hydrogens (primary N) is 1. The topological polar surface area (TPSA) is 55.6 Å². The van der Waals surface area contributed by atoms with Crippen molar-refractivity contribution in [3.8, 4) is 5.75 Å². The van der Waals surface area contributed by atoms with Crippen molar-refractivity contribution in [2.24, 2.45) is 11.7 Å². The molecule has 0 heterocycles. The third-order valence-electron chi connectivity index (χ3n) is 4.40. The molecule has 0 aromatic heterocycles. The molecule has 21 heavy (non-hydrogen) atoms. The number of benzene rings is 1. The summed E-state index contributed by atoms with van der Waals surface area (Å²) in [7, 11) is 1.90. The second-order valence-corrected chi connectivity index (χ2v) is 5.72. The molecule has 1 aliphatic carbocycles. The van der Waals surface area contributed by atoms with Gasteiger partial charge in [-0.05, 0) is 56.5 Å². The van der Waals surface area contributed by atoms with Gasteiger partial charge in [-0.3, -0.25) is 4.79 Å². The summed E-state index contributed by atoms with van der Waals surface area (Å²) in [5.74, 6) is 1.30. The summed E-state index contributed by atoms with van der Waals surface area (Å²) in [5.41, 5.74) is 6.58. The van der Waals surface area contributed by atoms with Gasteiger partial charge in [0.25, 0.3) is 5.91 Å². The lowest BCUT2D eigenvalue weighted by Crippen LogP contribution is -2.45. The Morgan fingerprint density at radius 1 is 1.29 bits per heavy atom. The van der Waals surface area contributed by atoms with Gasteiger partial charge < -0.3 is 15.4 Å². The zero-order valence-corrected chi connectivity index (χ0v) is 13.0. The van der Waals surface area contributed by atoms with Crippen LogP contribution >= 0.6 is 0 Å². The van der Waals surface area contributed by atoms with E-state index >= 15 is 0 Å². The Bertz CT molecular complexity index is 458. The van der Waals surface area contributed by atoms with Crippen LogP contribution in [0.1, 0.15) is 43.0 Å².